The van der Waals surface area contributed by atoms with Gasteiger partial charge in [0.25, 0.3) is 0 Å². The lowest BCUT2D eigenvalue weighted by molar-refractivity contribution is -0.124. The standard InChI is InChI=1S/C15H16N2OS/c18-15-13(16-7-8-17-15)10-11-4-1-2-5-12(11)14-6-3-9-19-14/h1-6,9,13,16H,7-8,10H2,(H,17,18). The van der Waals surface area contributed by atoms with E-state index in [-0.39, 0.29) is 11.9 Å². The van der Waals surface area contributed by atoms with Gasteiger partial charge in [-0.3, -0.25) is 4.79 Å². The van der Waals surface area contributed by atoms with Crippen molar-refractivity contribution in [2.45, 2.75) is 12.5 Å². The van der Waals surface area contributed by atoms with E-state index in [0.717, 1.165) is 19.5 Å². The molecular formula is C15H16N2OS. The van der Waals surface area contributed by atoms with E-state index in [1.54, 1.807) is 11.3 Å². The maximum absolute atomic E-state index is 11.8. The number of amides is 1. The zero-order chi connectivity index (χ0) is 13.1. The summed E-state index contributed by atoms with van der Waals surface area (Å²) in [7, 11) is 0. The largest absolute Gasteiger partial charge is 0.353 e. The normalized spacial score (nSPS) is 19.2. The second kappa shape index (κ2) is 5.55. The first-order chi connectivity index (χ1) is 9.34. The minimum Gasteiger partial charge on any atom is -0.353 e. The lowest BCUT2D eigenvalue weighted by Crippen LogP contribution is -2.53. The van der Waals surface area contributed by atoms with Crippen molar-refractivity contribution in [2.24, 2.45) is 0 Å². The van der Waals surface area contributed by atoms with Gasteiger partial charge in [-0.2, -0.15) is 0 Å². The number of hydrogen-bond acceptors (Lipinski definition) is 3. The summed E-state index contributed by atoms with van der Waals surface area (Å²) >= 11 is 1.73. The summed E-state index contributed by atoms with van der Waals surface area (Å²) in [6.07, 6.45) is 0.736. The van der Waals surface area contributed by atoms with E-state index in [2.05, 4.69) is 40.3 Å². The van der Waals surface area contributed by atoms with Gasteiger partial charge in [0.1, 0.15) is 0 Å². The first kappa shape index (κ1) is 12.4. The van der Waals surface area contributed by atoms with E-state index in [1.807, 2.05) is 12.1 Å². The number of nitrogens with one attached hydrogen (secondary N) is 2. The molecule has 1 unspecified atom stereocenters. The molecule has 0 aliphatic carbocycles. The molecule has 19 heavy (non-hydrogen) atoms. The van der Waals surface area contributed by atoms with Gasteiger partial charge in [-0.25, -0.2) is 0 Å². The Labute approximate surface area is 116 Å². The third-order valence-corrected chi connectivity index (χ3v) is 4.26. The van der Waals surface area contributed by atoms with Gasteiger partial charge < -0.3 is 10.6 Å². The SMILES string of the molecule is O=C1NCCNC1Cc1ccccc1-c1cccs1. The molecule has 3 nitrogen and oxygen atoms in total. The minimum absolute atomic E-state index is 0.104. The van der Waals surface area contributed by atoms with E-state index in [9.17, 15) is 4.79 Å². The molecule has 0 spiro atoms. The Morgan fingerprint density at radius 2 is 2.05 bits per heavy atom. The first-order valence-corrected chi connectivity index (χ1v) is 7.35. The van der Waals surface area contributed by atoms with E-state index in [1.165, 1.54) is 16.0 Å². The number of thiophene rings is 1. The molecule has 0 saturated carbocycles. The number of hydrogen-bond donors (Lipinski definition) is 2. The van der Waals surface area contributed by atoms with Crippen molar-refractivity contribution >= 4 is 17.2 Å². The highest BCUT2D eigenvalue weighted by Gasteiger charge is 2.22. The highest BCUT2D eigenvalue weighted by Crippen LogP contribution is 2.28. The monoisotopic (exact) mass is 272 g/mol. The van der Waals surface area contributed by atoms with Crippen LogP contribution in [-0.4, -0.2) is 25.0 Å². The Balaban J connectivity index is 1.86. The van der Waals surface area contributed by atoms with Gasteiger partial charge in [0, 0.05) is 18.0 Å². The summed E-state index contributed by atoms with van der Waals surface area (Å²) in [6.45, 7) is 1.57. The second-order valence-electron chi connectivity index (χ2n) is 4.64. The number of rotatable bonds is 3. The van der Waals surface area contributed by atoms with Crippen LogP contribution in [0.3, 0.4) is 0 Å². The fourth-order valence-electron chi connectivity index (χ4n) is 2.40. The number of piperazine rings is 1. The topological polar surface area (TPSA) is 41.1 Å². The van der Waals surface area contributed by atoms with Gasteiger partial charge in [0.15, 0.2) is 0 Å². The van der Waals surface area contributed by atoms with E-state index in [0.29, 0.717) is 0 Å². The van der Waals surface area contributed by atoms with Crippen LogP contribution in [0.1, 0.15) is 5.56 Å². The van der Waals surface area contributed by atoms with Gasteiger partial charge in [-0.1, -0.05) is 30.3 Å². The molecule has 2 aromatic rings. The smallest absolute Gasteiger partial charge is 0.237 e. The average Bonchev–Trinajstić information content (AvgIpc) is 2.96. The zero-order valence-corrected chi connectivity index (χ0v) is 11.4. The van der Waals surface area contributed by atoms with Crippen molar-refractivity contribution in [3.05, 3.63) is 47.3 Å². The molecule has 1 aromatic carbocycles. The predicted molar refractivity (Wildman–Crippen MR) is 78.3 cm³/mol. The van der Waals surface area contributed by atoms with Crippen molar-refractivity contribution < 1.29 is 4.79 Å². The molecular weight excluding hydrogens is 256 g/mol. The van der Waals surface area contributed by atoms with Crippen LogP contribution < -0.4 is 10.6 Å². The zero-order valence-electron chi connectivity index (χ0n) is 10.6. The van der Waals surface area contributed by atoms with Gasteiger partial charge in [-0.05, 0) is 29.0 Å². The molecule has 2 heterocycles. The Bertz CT molecular complexity index is 565. The second-order valence-corrected chi connectivity index (χ2v) is 5.58. The third kappa shape index (κ3) is 2.69. The van der Waals surface area contributed by atoms with Crippen LogP contribution in [0.2, 0.25) is 0 Å². The van der Waals surface area contributed by atoms with Gasteiger partial charge in [-0.15, -0.1) is 11.3 Å². The molecule has 2 N–H and O–H groups in total. The van der Waals surface area contributed by atoms with Crippen LogP contribution in [0, 0.1) is 0 Å². The fraction of sp³-hybridized carbons (Fsp3) is 0.267. The van der Waals surface area contributed by atoms with Crippen LogP contribution in [0.15, 0.2) is 41.8 Å². The van der Waals surface area contributed by atoms with Crippen LogP contribution in [0.25, 0.3) is 10.4 Å². The van der Waals surface area contributed by atoms with Crippen molar-refractivity contribution in [3.8, 4) is 10.4 Å². The van der Waals surface area contributed by atoms with Gasteiger partial charge >= 0.3 is 0 Å². The predicted octanol–water partition coefficient (Wildman–Crippen LogP) is 2.05. The highest BCUT2D eigenvalue weighted by molar-refractivity contribution is 7.13. The first-order valence-electron chi connectivity index (χ1n) is 6.47. The molecule has 4 heteroatoms. The third-order valence-electron chi connectivity index (χ3n) is 3.36. The number of carbonyl (C=O) groups excluding carboxylic acids is 1. The van der Waals surface area contributed by atoms with E-state index < -0.39 is 0 Å². The molecule has 1 aromatic heterocycles. The number of carbonyl (C=O) groups is 1. The summed E-state index contributed by atoms with van der Waals surface area (Å²) in [5.41, 5.74) is 2.46. The molecule has 3 rings (SSSR count). The van der Waals surface area contributed by atoms with Crippen LogP contribution in [-0.2, 0) is 11.2 Å². The van der Waals surface area contributed by atoms with Crippen LogP contribution >= 0.6 is 11.3 Å². The van der Waals surface area contributed by atoms with Crippen molar-refractivity contribution in [1.82, 2.24) is 10.6 Å². The fourth-order valence-corrected chi connectivity index (χ4v) is 3.19. The molecule has 98 valence electrons. The minimum atomic E-state index is -0.116. The molecule has 1 atom stereocenters. The summed E-state index contributed by atoms with van der Waals surface area (Å²) < 4.78 is 0. The molecule has 1 saturated heterocycles. The Morgan fingerprint density at radius 3 is 2.84 bits per heavy atom. The molecule has 1 amide bonds. The Morgan fingerprint density at radius 1 is 1.16 bits per heavy atom. The Hall–Kier alpha value is -1.65. The molecule has 0 radical (unpaired) electrons. The lowest BCUT2D eigenvalue weighted by atomic mass is 9.98. The highest BCUT2D eigenvalue weighted by atomic mass is 32.1. The van der Waals surface area contributed by atoms with Crippen molar-refractivity contribution in [1.29, 1.82) is 0 Å². The molecule has 1 aliphatic rings. The average molecular weight is 272 g/mol. The van der Waals surface area contributed by atoms with E-state index in [4.69, 9.17) is 0 Å². The quantitative estimate of drug-likeness (QED) is 0.898. The molecule has 1 fully saturated rings. The maximum atomic E-state index is 11.8. The van der Waals surface area contributed by atoms with Crippen LogP contribution in [0.4, 0.5) is 0 Å². The summed E-state index contributed by atoms with van der Waals surface area (Å²) in [5.74, 6) is 0.104. The Kier molecular flexibility index (Phi) is 3.62. The van der Waals surface area contributed by atoms with Gasteiger partial charge in [0.05, 0.1) is 6.04 Å². The molecule has 0 bridgehead atoms. The number of benzene rings is 1. The molecule has 1 aliphatic heterocycles. The summed E-state index contributed by atoms with van der Waals surface area (Å²) in [6, 6.07) is 12.4. The van der Waals surface area contributed by atoms with Crippen molar-refractivity contribution in [3.63, 3.8) is 0 Å². The van der Waals surface area contributed by atoms with E-state index >= 15 is 0 Å². The maximum Gasteiger partial charge on any atom is 0.237 e. The summed E-state index contributed by atoms with van der Waals surface area (Å²) in [4.78, 5) is 13.1. The lowest BCUT2D eigenvalue weighted by Gasteiger charge is -2.24. The van der Waals surface area contributed by atoms with Gasteiger partial charge in [0.2, 0.25) is 5.91 Å². The van der Waals surface area contributed by atoms with Crippen molar-refractivity contribution in [2.75, 3.05) is 13.1 Å². The van der Waals surface area contributed by atoms with Crippen LogP contribution in [0.5, 0.6) is 0 Å². The summed E-state index contributed by atoms with van der Waals surface area (Å²) in [5, 5.41) is 8.27.